The van der Waals surface area contributed by atoms with E-state index in [1.807, 2.05) is 24.3 Å². The van der Waals surface area contributed by atoms with Crippen molar-refractivity contribution in [3.05, 3.63) is 35.9 Å². The molecule has 0 saturated heterocycles. The monoisotopic (exact) mass is 225 g/mol. The lowest BCUT2D eigenvalue weighted by atomic mass is 10.1. The summed E-state index contributed by atoms with van der Waals surface area (Å²) in [5, 5.41) is 9.85. The van der Waals surface area contributed by atoms with E-state index < -0.39 is 0 Å². The molecule has 0 amide bonds. The molecule has 3 nitrogen and oxygen atoms in total. The normalized spacial score (nSPS) is 10.2. The molecule has 2 aromatic rings. The molecule has 0 saturated carbocycles. The van der Waals surface area contributed by atoms with E-state index in [-0.39, 0.29) is 0 Å². The van der Waals surface area contributed by atoms with E-state index in [4.69, 9.17) is 5.26 Å². The van der Waals surface area contributed by atoms with Gasteiger partial charge in [-0.3, -0.25) is 0 Å². The Bertz CT molecular complexity index is 565. The third-order valence-corrected chi connectivity index (χ3v) is 2.89. The lowest BCUT2D eigenvalue weighted by molar-refractivity contribution is 0.850. The van der Waals surface area contributed by atoms with Crippen molar-refractivity contribution in [1.82, 2.24) is 4.98 Å². The van der Waals surface area contributed by atoms with Gasteiger partial charge in [0.2, 0.25) is 0 Å². The van der Waals surface area contributed by atoms with Crippen LogP contribution in [0.15, 0.2) is 30.3 Å². The molecule has 0 unspecified atom stereocenters. The first-order chi connectivity index (χ1) is 8.28. The minimum absolute atomic E-state index is 0.676. The maximum absolute atomic E-state index is 8.84. The number of hydrogen-bond donors (Lipinski definition) is 0. The maximum atomic E-state index is 8.84. The lowest BCUT2D eigenvalue weighted by Gasteiger charge is -2.19. The van der Waals surface area contributed by atoms with Crippen molar-refractivity contribution in [3.8, 4) is 6.07 Å². The Hall–Kier alpha value is -2.08. The molecular formula is C14H15N3. The SMILES string of the molecule is CCN(CC)c1ccc2cc(C#N)ccc2n1. The van der Waals surface area contributed by atoms with E-state index in [0.717, 1.165) is 29.8 Å². The standard InChI is InChI=1S/C14H15N3/c1-3-17(4-2)14-8-6-12-9-11(10-15)5-7-13(12)16-14/h5-9H,3-4H2,1-2H3. The number of anilines is 1. The van der Waals surface area contributed by atoms with Crippen molar-refractivity contribution in [1.29, 1.82) is 5.26 Å². The van der Waals surface area contributed by atoms with Crippen LogP contribution < -0.4 is 4.90 Å². The van der Waals surface area contributed by atoms with Crippen LogP contribution in [0.1, 0.15) is 19.4 Å². The summed E-state index contributed by atoms with van der Waals surface area (Å²) in [5.74, 6) is 0.993. The van der Waals surface area contributed by atoms with Crippen LogP contribution in [0.5, 0.6) is 0 Å². The number of fused-ring (bicyclic) bond motifs is 1. The first-order valence-electron chi connectivity index (χ1n) is 5.84. The zero-order chi connectivity index (χ0) is 12.3. The number of pyridine rings is 1. The van der Waals surface area contributed by atoms with Crippen LogP contribution >= 0.6 is 0 Å². The van der Waals surface area contributed by atoms with Crippen LogP contribution in [0.2, 0.25) is 0 Å². The highest BCUT2D eigenvalue weighted by Crippen LogP contribution is 2.19. The van der Waals surface area contributed by atoms with Gasteiger partial charge in [0, 0.05) is 18.5 Å². The second-order valence-corrected chi connectivity index (χ2v) is 3.86. The van der Waals surface area contributed by atoms with Crippen LogP contribution in [0.25, 0.3) is 10.9 Å². The zero-order valence-electron chi connectivity index (χ0n) is 10.1. The van der Waals surface area contributed by atoms with Crippen LogP contribution in [0.4, 0.5) is 5.82 Å². The fourth-order valence-corrected chi connectivity index (χ4v) is 1.91. The Morgan fingerprint density at radius 3 is 2.59 bits per heavy atom. The molecular weight excluding hydrogens is 210 g/mol. The summed E-state index contributed by atoms with van der Waals surface area (Å²) < 4.78 is 0. The van der Waals surface area contributed by atoms with Crippen molar-refractivity contribution in [2.45, 2.75) is 13.8 Å². The minimum atomic E-state index is 0.676. The van der Waals surface area contributed by atoms with Gasteiger partial charge in [-0.05, 0) is 44.2 Å². The quantitative estimate of drug-likeness (QED) is 0.806. The maximum Gasteiger partial charge on any atom is 0.129 e. The summed E-state index contributed by atoms with van der Waals surface area (Å²) in [6, 6.07) is 11.8. The number of aromatic nitrogens is 1. The highest BCUT2D eigenvalue weighted by atomic mass is 15.2. The van der Waals surface area contributed by atoms with Gasteiger partial charge in [0.05, 0.1) is 17.1 Å². The summed E-state index contributed by atoms with van der Waals surface area (Å²) in [6.45, 7) is 6.14. The highest BCUT2D eigenvalue weighted by molar-refractivity contribution is 5.81. The highest BCUT2D eigenvalue weighted by Gasteiger charge is 2.04. The van der Waals surface area contributed by atoms with E-state index >= 15 is 0 Å². The van der Waals surface area contributed by atoms with Gasteiger partial charge < -0.3 is 4.90 Å². The van der Waals surface area contributed by atoms with E-state index in [9.17, 15) is 0 Å². The first kappa shape index (κ1) is 11.4. The largest absolute Gasteiger partial charge is 0.357 e. The molecule has 17 heavy (non-hydrogen) atoms. The van der Waals surface area contributed by atoms with Gasteiger partial charge in [-0.1, -0.05) is 0 Å². The Morgan fingerprint density at radius 1 is 1.18 bits per heavy atom. The first-order valence-corrected chi connectivity index (χ1v) is 5.84. The second kappa shape index (κ2) is 4.84. The summed E-state index contributed by atoms with van der Waals surface area (Å²) in [7, 11) is 0. The third kappa shape index (κ3) is 2.21. The van der Waals surface area contributed by atoms with Gasteiger partial charge in [-0.15, -0.1) is 0 Å². The molecule has 0 fully saturated rings. The molecule has 1 heterocycles. The van der Waals surface area contributed by atoms with Gasteiger partial charge in [0.15, 0.2) is 0 Å². The van der Waals surface area contributed by atoms with E-state index in [1.54, 1.807) is 6.07 Å². The number of nitriles is 1. The molecule has 0 aliphatic rings. The molecule has 0 spiro atoms. The molecule has 3 heteroatoms. The minimum Gasteiger partial charge on any atom is -0.357 e. The van der Waals surface area contributed by atoms with Gasteiger partial charge in [0.1, 0.15) is 5.82 Å². The number of nitrogens with zero attached hydrogens (tertiary/aromatic N) is 3. The lowest BCUT2D eigenvalue weighted by Crippen LogP contribution is -2.22. The molecule has 0 N–H and O–H groups in total. The zero-order valence-corrected chi connectivity index (χ0v) is 10.1. The Balaban J connectivity index is 2.48. The number of hydrogen-bond acceptors (Lipinski definition) is 3. The Morgan fingerprint density at radius 2 is 1.94 bits per heavy atom. The topological polar surface area (TPSA) is 39.9 Å². The number of benzene rings is 1. The van der Waals surface area contributed by atoms with Gasteiger partial charge in [-0.2, -0.15) is 5.26 Å². The molecule has 86 valence electrons. The summed E-state index contributed by atoms with van der Waals surface area (Å²) in [4.78, 5) is 6.82. The fourth-order valence-electron chi connectivity index (χ4n) is 1.91. The second-order valence-electron chi connectivity index (χ2n) is 3.86. The molecule has 1 aromatic heterocycles. The Kier molecular flexibility index (Phi) is 3.24. The molecule has 0 atom stereocenters. The predicted molar refractivity (Wildman–Crippen MR) is 70.0 cm³/mol. The summed E-state index contributed by atoms with van der Waals surface area (Å²) in [6.07, 6.45) is 0. The molecule has 1 aromatic carbocycles. The van der Waals surface area contributed by atoms with Crippen LogP contribution in [-0.2, 0) is 0 Å². The Labute approximate surface area is 101 Å². The predicted octanol–water partition coefficient (Wildman–Crippen LogP) is 2.95. The smallest absolute Gasteiger partial charge is 0.129 e. The van der Waals surface area contributed by atoms with E-state index in [2.05, 4.69) is 29.8 Å². The summed E-state index contributed by atoms with van der Waals surface area (Å²) in [5.41, 5.74) is 1.61. The van der Waals surface area contributed by atoms with Crippen LogP contribution in [0, 0.1) is 11.3 Å². The van der Waals surface area contributed by atoms with Crippen molar-refractivity contribution < 1.29 is 0 Å². The number of rotatable bonds is 3. The van der Waals surface area contributed by atoms with Crippen molar-refractivity contribution in [3.63, 3.8) is 0 Å². The van der Waals surface area contributed by atoms with Gasteiger partial charge in [-0.25, -0.2) is 4.98 Å². The molecule has 2 rings (SSSR count). The molecule has 0 aliphatic heterocycles. The third-order valence-electron chi connectivity index (χ3n) is 2.89. The van der Waals surface area contributed by atoms with Gasteiger partial charge in [0.25, 0.3) is 0 Å². The molecule has 0 bridgehead atoms. The summed E-state index contributed by atoms with van der Waals surface area (Å²) >= 11 is 0. The van der Waals surface area contributed by atoms with E-state index in [0.29, 0.717) is 5.56 Å². The van der Waals surface area contributed by atoms with E-state index in [1.165, 1.54) is 0 Å². The van der Waals surface area contributed by atoms with Crippen molar-refractivity contribution >= 4 is 16.7 Å². The average Bonchev–Trinajstić information content (AvgIpc) is 2.39. The van der Waals surface area contributed by atoms with Gasteiger partial charge >= 0.3 is 0 Å². The molecule has 0 aliphatic carbocycles. The molecule has 0 radical (unpaired) electrons. The van der Waals surface area contributed by atoms with Crippen molar-refractivity contribution in [2.24, 2.45) is 0 Å². The fraction of sp³-hybridized carbons (Fsp3) is 0.286. The van der Waals surface area contributed by atoms with Crippen molar-refractivity contribution in [2.75, 3.05) is 18.0 Å². The average molecular weight is 225 g/mol. The van der Waals surface area contributed by atoms with Crippen LogP contribution in [0.3, 0.4) is 0 Å². The van der Waals surface area contributed by atoms with Crippen LogP contribution in [-0.4, -0.2) is 18.1 Å².